The van der Waals surface area contributed by atoms with Crippen molar-refractivity contribution in [1.82, 2.24) is 29.8 Å². The molecule has 4 aromatic rings. The summed E-state index contributed by atoms with van der Waals surface area (Å²) in [6.45, 7) is 0.935. The molecule has 33 heavy (non-hydrogen) atoms. The number of piperazine rings is 1. The normalized spacial score (nSPS) is 21.6. The molecule has 2 saturated heterocycles. The summed E-state index contributed by atoms with van der Waals surface area (Å²) in [6.07, 6.45) is -2.23. The lowest BCUT2D eigenvalue weighted by molar-refractivity contribution is -0.190. The number of pyridine rings is 2. The van der Waals surface area contributed by atoms with Crippen LogP contribution in [0.5, 0.6) is 0 Å². The second-order valence-electron chi connectivity index (χ2n) is 8.54. The van der Waals surface area contributed by atoms with Gasteiger partial charge in [0.15, 0.2) is 11.5 Å². The van der Waals surface area contributed by atoms with Gasteiger partial charge < -0.3 is 5.32 Å². The van der Waals surface area contributed by atoms with Crippen molar-refractivity contribution >= 4 is 16.6 Å². The number of rotatable bonds is 3. The molecule has 2 bridgehead atoms. The number of nitrogens with zero attached hydrogens (tertiary/aromatic N) is 6. The number of likely N-dealkylation sites (tertiary alicyclic amines) is 1. The number of nitriles is 1. The number of aromatic nitrogens is 4. The summed E-state index contributed by atoms with van der Waals surface area (Å²) >= 11 is 0. The van der Waals surface area contributed by atoms with Crippen LogP contribution in [0.4, 0.5) is 13.2 Å². The maximum absolute atomic E-state index is 14.2. The molecule has 3 aromatic heterocycles. The van der Waals surface area contributed by atoms with Gasteiger partial charge in [-0.3, -0.25) is 9.30 Å². The van der Waals surface area contributed by atoms with Crippen molar-refractivity contribution < 1.29 is 13.2 Å². The molecule has 0 radical (unpaired) electrons. The van der Waals surface area contributed by atoms with E-state index in [1.165, 1.54) is 12.3 Å². The highest BCUT2D eigenvalue weighted by atomic mass is 19.4. The molecule has 2 aliphatic rings. The summed E-state index contributed by atoms with van der Waals surface area (Å²) in [7, 11) is 0. The van der Waals surface area contributed by atoms with Gasteiger partial charge in [0.05, 0.1) is 11.1 Å². The maximum atomic E-state index is 14.2. The predicted molar refractivity (Wildman–Crippen MR) is 114 cm³/mol. The first-order valence-electron chi connectivity index (χ1n) is 10.6. The zero-order valence-corrected chi connectivity index (χ0v) is 17.3. The van der Waals surface area contributed by atoms with Crippen LogP contribution in [-0.4, -0.2) is 55.8 Å². The van der Waals surface area contributed by atoms with E-state index in [0.29, 0.717) is 41.3 Å². The molecule has 5 heterocycles. The number of fused-ring (bicyclic) bond motifs is 4. The van der Waals surface area contributed by atoms with E-state index >= 15 is 0 Å². The second kappa shape index (κ2) is 7.23. The van der Waals surface area contributed by atoms with Crippen LogP contribution in [0, 0.1) is 11.3 Å². The molecule has 3 atom stereocenters. The fourth-order valence-corrected chi connectivity index (χ4v) is 5.08. The molecule has 0 amide bonds. The third-order valence-electron chi connectivity index (χ3n) is 6.55. The van der Waals surface area contributed by atoms with E-state index in [2.05, 4.69) is 26.6 Å². The number of benzene rings is 1. The fraction of sp³-hybridized carbons (Fsp3) is 0.304. The monoisotopic (exact) mass is 449 g/mol. The summed E-state index contributed by atoms with van der Waals surface area (Å²) in [5, 5.41) is 21.8. The molecule has 0 aliphatic carbocycles. The molecule has 2 fully saturated rings. The van der Waals surface area contributed by atoms with Crippen molar-refractivity contribution in [1.29, 1.82) is 5.26 Å². The van der Waals surface area contributed by atoms with E-state index in [4.69, 9.17) is 0 Å². The smallest absolute Gasteiger partial charge is 0.311 e. The van der Waals surface area contributed by atoms with Gasteiger partial charge in [-0.05, 0) is 30.2 Å². The van der Waals surface area contributed by atoms with Gasteiger partial charge in [0.2, 0.25) is 0 Å². The minimum Gasteiger partial charge on any atom is -0.311 e. The maximum Gasteiger partial charge on any atom is 0.408 e. The number of nitrogens with one attached hydrogen (secondary N) is 1. The van der Waals surface area contributed by atoms with Gasteiger partial charge in [-0.1, -0.05) is 24.3 Å². The zero-order chi connectivity index (χ0) is 22.7. The van der Waals surface area contributed by atoms with Crippen LogP contribution in [0.3, 0.4) is 0 Å². The lowest BCUT2D eigenvalue weighted by atomic mass is 10.1. The van der Waals surface area contributed by atoms with Crippen LogP contribution < -0.4 is 5.32 Å². The molecule has 2 aliphatic heterocycles. The molecule has 10 heteroatoms. The molecule has 0 unspecified atom stereocenters. The van der Waals surface area contributed by atoms with Crippen LogP contribution >= 0.6 is 0 Å². The summed E-state index contributed by atoms with van der Waals surface area (Å²) in [4.78, 5) is 6.14. The second-order valence-corrected chi connectivity index (χ2v) is 8.54. The highest BCUT2D eigenvalue weighted by Crippen LogP contribution is 2.42. The molecular formula is C23H18F3N7. The Balaban J connectivity index is 1.47. The highest BCUT2D eigenvalue weighted by molar-refractivity contribution is 5.85. The Morgan fingerprint density at radius 3 is 2.73 bits per heavy atom. The van der Waals surface area contributed by atoms with Gasteiger partial charge in [-0.25, -0.2) is 4.98 Å². The van der Waals surface area contributed by atoms with Crippen molar-refractivity contribution in [3.8, 4) is 17.6 Å². The summed E-state index contributed by atoms with van der Waals surface area (Å²) in [5.74, 6) is 0.326. The lowest BCUT2D eigenvalue weighted by Gasteiger charge is -2.36. The third-order valence-corrected chi connectivity index (χ3v) is 6.55. The Hall–Kier alpha value is -3.55. The molecule has 7 nitrogen and oxygen atoms in total. The zero-order valence-electron chi connectivity index (χ0n) is 17.3. The van der Waals surface area contributed by atoms with E-state index in [1.807, 2.05) is 12.1 Å². The number of halogens is 3. The number of para-hydroxylation sites is 1. The van der Waals surface area contributed by atoms with Crippen molar-refractivity contribution in [2.75, 3.05) is 13.1 Å². The predicted octanol–water partition coefficient (Wildman–Crippen LogP) is 3.47. The van der Waals surface area contributed by atoms with Crippen LogP contribution in [0.15, 0.2) is 48.7 Å². The third kappa shape index (κ3) is 3.23. The van der Waals surface area contributed by atoms with Gasteiger partial charge in [-0.15, -0.1) is 10.2 Å². The first-order valence-corrected chi connectivity index (χ1v) is 10.6. The largest absolute Gasteiger partial charge is 0.408 e. The number of hydrogen-bond acceptors (Lipinski definition) is 6. The minimum atomic E-state index is -4.42. The summed E-state index contributed by atoms with van der Waals surface area (Å²) in [5.41, 5.74) is 1.93. The van der Waals surface area contributed by atoms with Gasteiger partial charge in [0.1, 0.15) is 17.8 Å². The van der Waals surface area contributed by atoms with Crippen LogP contribution in [0.25, 0.3) is 28.1 Å². The lowest BCUT2D eigenvalue weighted by Crippen LogP contribution is -2.49. The Morgan fingerprint density at radius 2 is 2.00 bits per heavy atom. The van der Waals surface area contributed by atoms with Gasteiger partial charge >= 0.3 is 6.18 Å². The first kappa shape index (κ1) is 20.1. The number of alkyl halides is 3. The first-order chi connectivity index (χ1) is 15.9. The van der Waals surface area contributed by atoms with Crippen LogP contribution in [0.1, 0.15) is 23.6 Å². The Morgan fingerprint density at radius 1 is 1.12 bits per heavy atom. The summed E-state index contributed by atoms with van der Waals surface area (Å²) in [6, 6.07) is 12.3. The van der Waals surface area contributed by atoms with Crippen molar-refractivity contribution in [2.24, 2.45) is 0 Å². The van der Waals surface area contributed by atoms with Crippen molar-refractivity contribution in [3.05, 3.63) is 59.8 Å². The van der Waals surface area contributed by atoms with Crippen molar-refractivity contribution in [2.45, 2.75) is 30.7 Å². The van der Waals surface area contributed by atoms with E-state index in [1.54, 1.807) is 33.6 Å². The van der Waals surface area contributed by atoms with Gasteiger partial charge in [0, 0.05) is 36.8 Å². The molecule has 1 aromatic carbocycles. The Kier molecular flexibility index (Phi) is 4.40. The number of hydrogen-bond donors (Lipinski definition) is 1. The Labute approximate surface area is 186 Å². The fourth-order valence-electron chi connectivity index (χ4n) is 5.08. The minimum absolute atomic E-state index is 0.102. The molecule has 166 valence electrons. The highest BCUT2D eigenvalue weighted by Gasteiger charge is 2.51. The summed E-state index contributed by atoms with van der Waals surface area (Å²) < 4.78 is 44.3. The molecule has 0 saturated carbocycles. The standard InChI is InChI=1S/C23H18F3N7/c24-23(25,26)21(32-12-16-8-17(32)10-28-16)15-5-7-19-30-31-22(33(19)11-15)18-6-4-13-2-1-3-14(9-27)20(13)29-18/h1-7,11,16-17,21,28H,8,10,12H2/t16-,17-,21+/m0/s1. The Bertz CT molecular complexity index is 1420. The average Bonchev–Trinajstić information content (AvgIpc) is 3.53. The average molecular weight is 449 g/mol. The van der Waals surface area contributed by atoms with E-state index < -0.39 is 12.2 Å². The van der Waals surface area contributed by atoms with Crippen LogP contribution in [-0.2, 0) is 0 Å². The van der Waals surface area contributed by atoms with Gasteiger partial charge in [0.25, 0.3) is 0 Å². The van der Waals surface area contributed by atoms with E-state index in [9.17, 15) is 18.4 Å². The van der Waals surface area contributed by atoms with E-state index in [0.717, 1.165) is 11.8 Å². The van der Waals surface area contributed by atoms with Gasteiger partial charge in [-0.2, -0.15) is 18.4 Å². The SMILES string of the molecule is N#Cc1cccc2ccc(-c3nnc4ccc([C@@H](N5C[C@@H]6C[C@H]5CN6)C(F)(F)F)cn34)nc12. The van der Waals surface area contributed by atoms with E-state index in [-0.39, 0.29) is 17.6 Å². The molecular weight excluding hydrogens is 431 g/mol. The molecule has 6 rings (SSSR count). The molecule has 1 N–H and O–H groups in total. The quantitative estimate of drug-likeness (QED) is 0.516. The molecule has 0 spiro atoms. The topological polar surface area (TPSA) is 82.1 Å². The van der Waals surface area contributed by atoms with Crippen LogP contribution in [0.2, 0.25) is 0 Å². The van der Waals surface area contributed by atoms with Crippen molar-refractivity contribution in [3.63, 3.8) is 0 Å².